The Labute approximate surface area is 114 Å². The molecule has 0 saturated heterocycles. The lowest BCUT2D eigenvalue weighted by Gasteiger charge is -2.21. The summed E-state index contributed by atoms with van der Waals surface area (Å²) in [4.78, 5) is 0. The van der Waals surface area contributed by atoms with E-state index in [4.69, 9.17) is 4.74 Å². The van der Waals surface area contributed by atoms with Crippen molar-refractivity contribution < 1.29 is 18.3 Å². The summed E-state index contributed by atoms with van der Waals surface area (Å²) >= 11 is 0. The van der Waals surface area contributed by atoms with Crippen LogP contribution in [0, 0.1) is 0 Å². The number of rotatable bonds is 7. The standard InChI is InChI=1S/C13H19NO4S/c1-13(15,11-18-2)10-14-19(16,17)9-8-12-6-4-3-5-7-12/h3-9,14-15H,10-11H2,1-2H3/b9-8+. The molecule has 106 valence electrons. The highest BCUT2D eigenvalue weighted by molar-refractivity contribution is 7.92. The number of sulfonamides is 1. The Morgan fingerprint density at radius 3 is 2.58 bits per heavy atom. The highest BCUT2D eigenvalue weighted by Gasteiger charge is 2.22. The number of methoxy groups -OCH3 is 1. The van der Waals surface area contributed by atoms with Crippen LogP contribution in [0.2, 0.25) is 0 Å². The Morgan fingerprint density at radius 2 is 2.00 bits per heavy atom. The minimum absolute atomic E-state index is 0.0535. The molecule has 0 bridgehead atoms. The van der Waals surface area contributed by atoms with Crippen LogP contribution in [0.15, 0.2) is 35.7 Å². The van der Waals surface area contributed by atoms with Gasteiger partial charge in [0.25, 0.3) is 0 Å². The van der Waals surface area contributed by atoms with E-state index in [-0.39, 0.29) is 13.2 Å². The number of ether oxygens (including phenoxy) is 1. The fraction of sp³-hybridized carbons (Fsp3) is 0.385. The molecule has 0 aromatic heterocycles. The quantitative estimate of drug-likeness (QED) is 0.783. The zero-order valence-corrected chi connectivity index (χ0v) is 11.9. The van der Waals surface area contributed by atoms with Gasteiger partial charge < -0.3 is 9.84 Å². The first kappa shape index (κ1) is 15.8. The SMILES string of the molecule is COCC(C)(O)CNS(=O)(=O)/C=C/c1ccccc1. The van der Waals surface area contributed by atoms with Gasteiger partial charge in [-0.1, -0.05) is 30.3 Å². The van der Waals surface area contributed by atoms with Crippen molar-refractivity contribution in [1.82, 2.24) is 4.72 Å². The van der Waals surface area contributed by atoms with Gasteiger partial charge in [0.1, 0.15) is 0 Å². The lowest BCUT2D eigenvalue weighted by molar-refractivity contribution is -0.0119. The molecular weight excluding hydrogens is 266 g/mol. The van der Waals surface area contributed by atoms with Crippen LogP contribution in [0.3, 0.4) is 0 Å². The molecule has 5 nitrogen and oxygen atoms in total. The molecular formula is C13H19NO4S. The predicted octanol–water partition coefficient (Wildman–Crippen LogP) is 0.974. The van der Waals surface area contributed by atoms with E-state index in [1.165, 1.54) is 20.1 Å². The van der Waals surface area contributed by atoms with Gasteiger partial charge in [-0.05, 0) is 18.6 Å². The molecule has 0 aliphatic carbocycles. The highest BCUT2D eigenvalue weighted by Crippen LogP contribution is 2.05. The molecule has 0 aliphatic heterocycles. The maximum Gasteiger partial charge on any atom is 0.233 e. The fourth-order valence-corrected chi connectivity index (χ4v) is 2.34. The molecule has 0 radical (unpaired) electrons. The van der Waals surface area contributed by atoms with Crippen molar-refractivity contribution in [1.29, 1.82) is 0 Å². The van der Waals surface area contributed by atoms with E-state index >= 15 is 0 Å². The van der Waals surface area contributed by atoms with Crippen molar-refractivity contribution in [2.24, 2.45) is 0 Å². The van der Waals surface area contributed by atoms with Gasteiger partial charge in [-0.2, -0.15) is 0 Å². The Bertz CT molecular complexity index is 509. The van der Waals surface area contributed by atoms with E-state index in [1.54, 1.807) is 12.1 Å². The molecule has 1 aromatic carbocycles. The summed E-state index contributed by atoms with van der Waals surface area (Å²) in [7, 11) is -2.13. The third-order valence-corrected chi connectivity index (χ3v) is 3.39. The van der Waals surface area contributed by atoms with Crippen LogP contribution in [0.1, 0.15) is 12.5 Å². The van der Waals surface area contributed by atoms with Crippen molar-refractivity contribution in [3.63, 3.8) is 0 Å². The molecule has 0 saturated carbocycles. The van der Waals surface area contributed by atoms with E-state index in [0.29, 0.717) is 0 Å². The van der Waals surface area contributed by atoms with Gasteiger partial charge in [0.15, 0.2) is 0 Å². The smallest absolute Gasteiger partial charge is 0.233 e. The first-order valence-corrected chi connectivity index (χ1v) is 7.33. The Hall–Kier alpha value is -1.21. The summed E-state index contributed by atoms with van der Waals surface area (Å²) in [5.74, 6) is 0. The average Bonchev–Trinajstić information content (AvgIpc) is 2.36. The van der Waals surface area contributed by atoms with Crippen LogP contribution in [-0.2, 0) is 14.8 Å². The predicted molar refractivity (Wildman–Crippen MR) is 74.9 cm³/mol. The normalized spacial score (nSPS) is 15.5. The largest absolute Gasteiger partial charge is 0.386 e. The zero-order chi connectivity index (χ0) is 14.4. The molecule has 1 aromatic rings. The second-order valence-corrected chi connectivity index (χ2v) is 6.16. The molecule has 0 fully saturated rings. The minimum atomic E-state index is -3.58. The van der Waals surface area contributed by atoms with Crippen LogP contribution in [0.5, 0.6) is 0 Å². The second kappa shape index (κ2) is 6.81. The summed E-state index contributed by atoms with van der Waals surface area (Å²) in [6.45, 7) is 1.44. The van der Waals surface area contributed by atoms with Crippen molar-refractivity contribution in [2.45, 2.75) is 12.5 Å². The van der Waals surface area contributed by atoms with Crippen molar-refractivity contribution in [3.05, 3.63) is 41.3 Å². The van der Waals surface area contributed by atoms with Crippen molar-refractivity contribution >= 4 is 16.1 Å². The first-order chi connectivity index (χ1) is 8.85. The molecule has 1 atom stereocenters. The van der Waals surface area contributed by atoms with Crippen LogP contribution in [0.4, 0.5) is 0 Å². The highest BCUT2D eigenvalue weighted by atomic mass is 32.2. The van der Waals surface area contributed by atoms with Gasteiger partial charge in [-0.25, -0.2) is 13.1 Å². The van der Waals surface area contributed by atoms with E-state index in [0.717, 1.165) is 11.0 Å². The lowest BCUT2D eigenvalue weighted by atomic mass is 10.1. The molecule has 0 spiro atoms. The van der Waals surface area contributed by atoms with Crippen molar-refractivity contribution in [2.75, 3.05) is 20.3 Å². The van der Waals surface area contributed by atoms with Crippen LogP contribution < -0.4 is 4.72 Å². The summed E-state index contributed by atoms with van der Waals surface area (Å²) in [6.07, 6.45) is 1.49. The van der Waals surface area contributed by atoms with E-state index < -0.39 is 15.6 Å². The molecule has 0 heterocycles. The van der Waals surface area contributed by atoms with E-state index in [1.807, 2.05) is 18.2 Å². The number of benzene rings is 1. The topological polar surface area (TPSA) is 75.6 Å². The summed E-state index contributed by atoms with van der Waals surface area (Å²) in [5, 5.41) is 10.9. The first-order valence-electron chi connectivity index (χ1n) is 5.79. The second-order valence-electron chi connectivity index (χ2n) is 4.51. The summed E-state index contributed by atoms with van der Waals surface area (Å²) in [6, 6.07) is 9.10. The molecule has 6 heteroatoms. The van der Waals surface area contributed by atoms with Crippen LogP contribution in [0.25, 0.3) is 6.08 Å². The van der Waals surface area contributed by atoms with E-state index in [2.05, 4.69) is 4.72 Å². The maximum absolute atomic E-state index is 11.7. The molecule has 1 rings (SSSR count). The van der Waals surface area contributed by atoms with Gasteiger partial charge in [-0.3, -0.25) is 0 Å². The van der Waals surface area contributed by atoms with Crippen molar-refractivity contribution in [3.8, 4) is 0 Å². The zero-order valence-electron chi connectivity index (χ0n) is 11.0. The van der Waals surface area contributed by atoms with Gasteiger partial charge in [0, 0.05) is 19.1 Å². The molecule has 2 N–H and O–H groups in total. The summed E-state index contributed by atoms with van der Waals surface area (Å²) < 4.78 is 30.5. The van der Waals surface area contributed by atoms with E-state index in [9.17, 15) is 13.5 Å². The van der Waals surface area contributed by atoms with Gasteiger partial charge in [0.2, 0.25) is 10.0 Å². The Kier molecular flexibility index (Phi) is 5.68. The third kappa shape index (κ3) is 6.49. The minimum Gasteiger partial charge on any atom is -0.386 e. The molecule has 0 aliphatic rings. The number of aliphatic hydroxyl groups is 1. The van der Waals surface area contributed by atoms with Gasteiger partial charge in [0.05, 0.1) is 12.2 Å². The molecule has 1 unspecified atom stereocenters. The molecule has 0 amide bonds. The lowest BCUT2D eigenvalue weighted by Crippen LogP contribution is -2.43. The van der Waals surface area contributed by atoms with Crippen LogP contribution in [-0.4, -0.2) is 39.4 Å². The number of hydrogen-bond acceptors (Lipinski definition) is 4. The monoisotopic (exact) mass is 285 g/mol. The summed E-state index contributed by atoms with van der Waals surface area (Å²) in [5.41, 5.74) is -0.445. The number of nitrogens with one attached hydrogen (secondary N) is 1. The number of hydrogen-bond donors (Lipinski definition) is 2. The average molecular weight is 285 g/mol. The van der Waals surface area contributed by atoms with Gasteiger partial charge in [-0.15, -0.1) is 0 Å². The van der Waals surface area contributed by atoms with Gasteiger partial charge >= 0.3 is 0 Å². The van der Waals surface area contributed by atoms with Crippen LogP contribution >= 0.6 is 0 Å². The fourth-order valence-electron chi connectivity index (χ4n) is 1.40. The Morgan fingerprint density at radius 1 is 1.37 bits per heavy atom. The third-order valence-electron chi connectivity index (χ3n) is 2.35. The Balaban J connectivity index is 2.60. The maximum atomic E-state index is 11.7. The molecule has 19 heavy (non-hydrogen) atoms.